The zero-order chi connectivity index (χ0) is 17.3. The average molecular weight is 366 g/mol. The van der Waals surface area contributed by atoms with Crippen LogP contribution in [0.5, 0.6) is 0 Å². The Bertz CT molecular complexity index is 832. The van der Waals surface area contributed by atoms with Crippen molar-refractivity contribution in [2.24, 2.45) is 0 Å². The van der Waals surface area contributed by atoms with E-state index >= 15 is 0 Å². The van der Waals surface area contributed by atoms with Gasteiger partial charge in [-0.1, -0.05) is 29.8 Å². The molecule has 1 heterocycles. The Balaban J connectivity index is 1.86. The average Bonchev–Trinajstić information content (AvgIpc) is 2.80. The van der Waals surface area contributed by atoms with Crippen molar-refractivity contribution in [1.29, 1.82) is 0 Å². The third-order valence-corrected chi connectivity index (χ3v) is 4.64. The van der Waals surface area contributed by atoms with Crippen molar-refractivity contribution in [1.82, 2.24) is 4.90 Å². The number of imide groups is 1. The summed E-state index contributed by atoms with van der Waals surface area (Å²) in [5.41, 5.74) is 0.676. The molecule has 0 aromatic heterocycles. The lowest BCUT2D eigenvalue weighted by Gasteiger charge is -2.12. The Morgan fingerprint density at radius 3 is 2.46 bits per heavy atom. The number of rotatable bonds is 3. The van der Waals surface area contributed by atoms with Gasteiger partial charge in [0, 0.05) is 5.56 Å². The van der Waals surface area contributed by atoms with Crippen LogP contribution in [0.1, 0.15) is 11.1 Å². The second-order valence-corrected chi connectivity index (χ2v) is 6.43. The van der Waals surface area contributed by atoms with Crippen LogP contribution in [-0.4, -0.2) is 16.0 Å². The normalized spacial score (nSPS) is 16.3. The molecule has 0 bridgehead atoms. The van der Waals surface area contributed by atoms with Crippen molar-refractivity contribution in [2.45, 2.75) is 6.54 Å². The lowest BCUT2D eigenvalue weighted by molar-refractivity contribution is -0.123. The molecule has 3 rings (SSSR count). The van der Waals surface area contributed by atoms with E-state index in [-0.39, 0.29) is 22.0 Å². The molecular formula is C17H10ClF2NO2S. The van der Waals surface area contributed by atoms with Crippen LogP contribution in [0.4, 0.5) is 13.6 Å². The van der Waals surface area contributed by atoms with Gasteiger partial charge in [0.25, 0.3) is 11.1 Å². The van der Waals surface area contributed by atoms with E-state index in [9.17, 15) is 18.4 Å². The number of thioether (sulfide) groups is 1. The summed E-state index contributed by atoms with van der Waals surface area (Å²) in [4.78, 5) is 25.6. The minimum Gasteiger partial charge on any atom is -0.268 e. The minimum absolute atomic E-state index is 0.0211. The SMILES string of the molecule is O=C1S/C(=C\c2c(F)cccc2Cl)C(=O)N1Cc1ccc(F)cc1. The van der Waals surface area contributed by atoms with Crippen LogP contribution in [-0.2, 0) is 11.3 Å². The molecule has 1 fully saturated rings. The van der Waals surface area contributed by atoms with Gasteiger partial charge < -0.3 is 0 Å². The predicted octanol–water partition coefficient (Wildman–Crippen LogP) is 4.85. The molecule has 1 aliphatic heterocycles. The topological polar surface area (TPSA) is 37.4 Å². The maximum Gasteiger partial charge on any atom is 0.293 e. The van der Waals surface area contributed by atoms with Gasteiger partial charge >= 0.3 is 0 Å². The molecule has 24 heavy (non-hydrogen) atoms. The second-order valence-electron chi connectivity index (χ2n) is 5.03. The van der Waals surface area contributed by atoms with E-state index in [1.807, 2.05) is 0 Å². The number of amides is 2. The molecule has 0 spiro atoms. The smallest absolute Gasteiger partial charge is 0.268 e. The van der Waals surface area contributed by atoms with Crippen molar-refractivity contribution in [3.05, 3.63) is 75.2 Å². The lowest BCUT2D eigenvalue weighted by atomic mass is 10.2. The fraction of sp³-hybridized carbons (Fsp3) is 0.0588. The molecule has 0 unspecified atom stereocenters. The van der Waals surface area contributed by atoms with E-state index in [2.05, 4.69) is 0 Å². The first-order valence-corrected chi connectivity index (χ1v) is 8.09. The molecule has 2 aromatic carbocycles. The first-order chi connectivity index (χ1) is 11.5. The third kappa shape index (κ3) is 3.34. The molecule has 1 saturated heterocycles. The highest BCUT2D eigenvalue weighted by Crippen LogP contribution is 2.35. The molecule has 2 aromatic rings. The van der Waals surface area contributed by atoms with Crippen molar-refractivity contribution in [3.8, 4) is 0 Å². The molecule has 0 radical (unpaired) electrons. The van der Waals surface area contributed by atoms with E-state index < -0.39 is 22.8 Å². The number of hydrogen-bond acceptors (Lipinski definition) is 3. The maximum atomic E-state index is 13.8. The van der Waals surface area contributed by atoms with Gasteiger partial charge in [-0.3, -0.25) is 14.5 Å². The summed E-state index contributed by atoms with van der Waals surface area (Å²) < 4.78 is 26.8. The summed E-state index contributed by atoms with van der Waals surface area (Å²) in [7, 11) is 0. The molecule has 1 aliphatic rings. The standard InChI is InChI=1S/C17H10ClF2NO2S/c18-13-2-1-3-14(20)12(13)8-15-16(22)21(17(23)24-15)9-10-4-6-11(19)7-5-10/h1-8H,9H2/b15-8-. The van der Waals surface area contributed by atoms with Crippen LogP contribution in [0, 0.1) is 11.6 Å². The van der Waals surface area contributed by atoms with Crippen molar-refractivity contribution < 1.29 is 18.4 Å². The second kappa shape index (κ2) is 6.75. The Hall–Kier alpha value is -2.18. The molecule has 0 saturated carbocycles. The van der Waals surface area contributed by atoms with Crippen LogP contribution >= 0.6 is 23.4 Å². The van der Waals surface area contributed by atoms with Gasteiger partial charge in [-0.2, -0.15) is 0 Å². The molecule has 122 valence electrons. The molecule has 7 heteroatoms. The first-order valence-electron chi connectivity index (χ1n) is 6.89. The van der Waals surface area contributed by atoms with Gasteiger partial charge in [-0.15, -0.1) is 0 Å². The quantitative estimate of drug-likeness (QED) is 0.729. The minimum atomic E-state index is -0.576. The van der Waals surface area contributed by atoms with Crippen LogP contribution in [0.3, 0.4) is 0 Å². The third-order valence-electron chi connectivity index (χ3n) is 3.40. The number of nitrogens with zero attached hydrogens (tertiary/aromatic N) is 1. The Morgan fingerprint density at radius 1 is 1.08 bits per heavy atom. The van der Waals surface area contributed by atoms with Gasteiger partial charge in [-0.25, -0.2) is 8.78 Å². The van der Waals surface area contributed by atoms with Crippen LogP contribution in [0.2, 0.25) is 5.02 Å². The van der Waals surface area contributed by atoms with E-state index in [0.717, 1.165) is 4.90 Å². The molecule has 0 atom stereocenters. The highest BCUT2D eigenvalue weighted by molar-refractivity contribution is 8.18. The Labute approximate surface area is 145 Å². The van der Waals surface area contributed by atoms with Gasteiger partial charge in [-0.05, 0) is 47.7 Å². The zero-order valence-electron chi connectivity index (χ0n) is 12.1. The van der Waals surface area contributed by atoms with Gasteiger partial charge in [0.1, 0.15) is 11.6 Å². The summed E-state index contributed by atoms with van der Waals surface area (Å²) in [5, 5.41) is -0.316. The lowest BCUT2D eigenvalue weighted by Crippen LogP contribution is -2.27. The fourth-order valence-electron chi connectivity index (χ4n) is 2.19. The summed E-state index contributed by atoms with van der Waals surface area (Å²) >= 11 is 6.65. The number of benzene rings is 2. The first kappa shape index (κ1) is 16.7. The van der Waals surface area contributed by atoms with E-state index in [1.54, 1.807) is 0 Å². The summed E-state index contributed by atoms with van der Waals surface area (Å²) in [6, 6.07) is 9.67. The van der Waals surface area contributed by atoms with Crippen molar-refractivity contribution in [3.63, 3.8) is 0 Å². The Kier molecular flexibility index (Phi) is 4.69. The van der Waals surface area contributed by atoms with Crippen LogP contribution in [0.25, 0.3) is 6.08 Å². The molecule has 3 nitrogen and oxygen atoms in total. The number of halogens is 3. The maximum absolute atomic E-state index is 13.8. The van der Waals surface area contributed by atoms with E-state index in [4.69, 9.17) is 11.6 Å². The van der Waals surface area contributed by atoms with Crippen molar-refractivity contribution in [2.75, 3.05) is 0 Å². The number of hydrogen-bond donors (Lipinski definition) is 0. The van der Waals surface area contributed by atoms with Crippen LogP contribution < -0.4 is 0 Å². The fourth-order valence-corrected chi connectivity index (χ4v) is 3.23. The van der Waals surface area contributed by atoms with Gasteiger partial charge in [0.15, 0.2) is 0 Å². The number of carbonyl (C=O) groups is 2. The van der Waals surface area contributed by atoms with E-state index in [0.29, 0.717) is 17.3 Å². The highest BCUT2D eigenvalue weighted by atomic mass is 35.5. The summed E-state index contributed by atoms with van der Waals surface area (Å²) in [6.07, 6.45) is 1.27. The molecule has 2 amide bonds. The molecular weight excluding hydrogens is 356 g/mol. The van der Waals surface area contributed by atoms with Gasteiger partial charge in [0.2, 0.25) is 0 Å². The Morgan fingerprint density at radius 2 is 1.79 bits per heavy atom. The van der Waals surface area contributed by atoms with Gasteiger partial charge in [0.05, 0.1) is 16.5 Å². The van der Waals surface area contributed by atoms with Crippen molar-refractivity contribution >= 4 is 40.6 Å². The number of carbonyl (C=O) groups excluding carboxylic acids is 2. The molecule has 0 N–H and O–H groups in total. The zero-order valence-corrected chi connectivity index (χ0v) is 13.7. The summed E-state index contributed by atoms with van der Waals surface area (Å²) in [6.45, 7) is 0.0211. The monoisotopic (exact) mass is 365 g/mol. The molecule has 0 aliphatic carbocycles. The van der Waals surface area contributed by atoms with E-state index in [1.165, 1.54) is 48.5 Å². The highest BCUT2D eigenvalue weighted by Gasteiger charge is 2.35. The van der Waals surface area contributed by atoms with Crippen LogP contribution in [0.15, 0.2) is 47.4 Å². The predicted molar refractivity (Wildman–Crippen MR) is 89.3 cm³/mol. The largest absolute Gasteiger partial charge is 0.293 e. The summed E-state index contributed by atoms with van der Waals surface area (Å²) in [5.74, 6) is -1.51.